The number of nitriles is 1. The third kappa shape index (κ3) is 6.10. The zero-order valence-corrected chi connectivity index (χ0v) is 12.4. The van der Waals surface area contributed by atoms with Crippen molar-refractivity contribution in [1.29, 1.82) is 5.26 Å². The number of nitrogens with zero attached hydrogens (tertiary/aromatic N) is 1. The van der Waals surface area contributed by atoms with Crippen LogP contribution in [-0.4, -0.2) is 18.2 Å². The molecule has 0 radical (unpaired) electrons. The molecule has 0 heterocycles. The van der Waals surface area contributed by atoms with Gasteiger partial charge in [-0.3, -0.25) is 5.32 Å². The van der Waals surface area contributed by atoms with Gasteiger partial charge in [-0.2, -0.15) is 5.26 Å². The van der Waals surface area contributed by atoms with Gasteiger partial charge in [0.15, 0.2) is 0 Å². The van der Waals surface area contributed by atoms with Gasteiger partial charge < -0.3 is 10.1 Å². The predicted octanol–water partition coefficient (Wildman–Crippen LogP) is 3.61. The Morgan fingerprint density at radius 1 is 1.30 bits per heavy atom. The van der Waals surface area contributed by atoms with E-state index in [1.807, 2.05) is 39.8 Å². The van der Waals surface area contributed by atoms with Crippen molar-refractivity contribution in [2.24, 2.45) is 5.92 Å². The first-order chi connectivity index (χ1) is 9.30. The molecule has 20 heavy (non-hydrogen) atoms. The van der Waals surface area contributed by atoms with E-state index < -0.39 is 11.7 Å². The maximum atomic E-state index is 11.6. The first-order valence-electron chi connectivity index (χ1n) is 6.54. The van der Waals surface area contributed by atoms with Crippen LogP contribution in [0.2, 0.25) is 0 Å². The monoisotopic (exact) mass is 275 g/mol. The Hall–Kier alpha value is -2.22. The number of nitrogens with one attached hydrogen (secondary N) is 2. The molecular weight excluding hydrogens is 254 g/mol. The van der Waals surface area contributed by atoms with Crippen molar-refractivity contribution in [3.05, 3.63) is 24.3 Å². The Kier molecular flexibility index (Phi) is 5.39. The first kappa shape index (κ1) is 15.8. The molecule has 1 rings (SSSR count). The molecule has 108 valence electrons. The molecule has 0 saturated carbocycles. The summed E-state index contributed by atoms with van der Waals surface area (Å²) in [5.74, 6) is -0.0467. The van der Waals surface area contributed by atoms with Gasteiger partial charge in [0, 0.05) is 17.9 Å². The smallest absolute Gasteiger partial charge is 0.412 e. The summed E-state index contributed by atoms with van der Waals surface area (Å²) in [6, 6.07) is 9.41. The highest BCUT2D eigenvalue weighted by molar-refractivity contribution is 5.85. The molecule has 5 heteroatoms. The van der Waals surface area contributed by atoms with E-state index in [-0.39, 0.29) is 5.92 Å². The summed E-state index contributed by atoms with van der Waals surface area (Å²) >= 11 is 0. The van der Waals surface area contributed by atoms with E-state index in [1.54, 1.807) is 12.1 Å². The number of rotatable bonds is 4. The number of carbonyl (C=O) groups excluding carboxylic acids is 1. The molecule has 0 aliphatic carbocycles. The molecule has 1 aromatic rings. The van der Waals surface area contributed by atoms with E-state index in [4.69, 9.17) is 10.00 Å². The number of benzene rings is 1. The van der Waals surface area contributed by atoms with Gasteiger partial charge >= 0.3 is 6.09 Å². The van der Waals surface area contributed by atoms with Crippen molar-refractivity contribution in [2.45, 2.75) is 33.3 Å². The number of carbonyl (C=O) groups is 1. The Morgan fingerprint density at radius 2 is 1.85 bits per heavy atom. The van der Waals surface area contributed by atoms with E-state index in [2.05, 4.69) is 16.7 Å². The normalized spacial score (nSPS) is 12.2. The lowest BCUT2D eigenvalue weighted by Gasteiger charge is -2.19. The minimum absolute atomic E-state index is 0.0467. The fourth-order valence-electron chi connectivity index (χ4n) is 1.41. The van der Waals surface area contributed by atoms with Gasteiger partial charge in [-0.1, -0.05) is 0 Å². The summed E-state index contributed by atoms with van der Waals surface area (Å²) in [5, 5.41) is 14.5. The second kappa shape index (κ2) is 6.80. The van der Waals surface area contributed by atoms with E-state index in [0.29, 0.717) is 12.2 Å². The lowest BCUT2D eigenvalue weighted by atomic mass is 10.2. The van der Waals surface area contributed by atoms with Gasteiger partial charge in [-0.05, 0) is 52.0 Å². The van der Waals surface area contributed by atoms with Crippen LogP contribution in [0.5, 0.6) is 0 Å². The Morgan fingerprint density at radius 3 is 2.35 bits per heavy atom. The minimum Gasteiger partial charge on any atom is -0.444 e. The zero-order chi connectivity index (χ0) is 15.2. The third-order valence-corrected chi connectivity index (χ3v) is 2.36. The van der Waals surface area contributed by atoms with E-state index in [9.17, 15) is 4.79 Å². The predicted molar refractivity (Wildman–Crippen MR) is 79.6 cm³/mol. The molecule has 2 N–H and O–H groups in total. The molecule has 1 aromatic carbocycles. The fourth-order valence-corrected chi connectivity index (χ4v) is 1.41. The number of hydrogen-bond acceptors (Lipinski definition) is 4. The molecular formula is C15H21N3O2. The standard InChI is InChI=1S/C15H21N3O2/c1-11(9-16)10-17-12-5-7-13(8-6-12)18-14(19)20-15(2,3)4/h5-8,11,17H,10H2,1-4H3,(H,18,19). The summed E-state index contributed by atoms with van der Waals surface area (Å²) < 4.78 is 5.16. The summed E-state index contributed by atoms with van der Waals surface area (Å²) in [6.07, 6.45) is -0.476. The lowest BCUT2D eigenvalue weighted by Crippen LogP contribution is -2.27. The van der Waals surface area contributed by atoms with Crippen LogP contribution in [-0.2, 0) is 4.74 Å². The minimum atomic E-state index is -0.515. The summed E-state index contributed by atoms with van der Waals surface area (Å²) in [7, 11) is 0. The lowest BCUT2D eigenvalue weighted by molar-refractivity contribution is 0.0636. The van der Waals surface area contributed by atoms with Gasteiger partial charge in [0.25, 0.3) is 0 Å². The van der Waals surface area contributed by atoms with Crippen LogP contribution in [0, 0.1) is 17.2 Å². The number of anilines is 2. The quantitative estimate of drug-likeness (QED) is 0.880. The van der Waals surface area contributed by atoms with Crippen LogP contribution < -0.4 is 10.6 Å². The first-order valence-corrected chi connectivity index (χ1v) is 6.54. The van der Waals surface area contributed by atoms with Crippen molar-refractivity contribution in [2.75, 3.05) is 17.2 Å². The molecule has 0 bridgehead atoms. The van der Waals surface area contributed by atoms with Crippen LogP contribution in [0.1, 0.15) is 27.7 Å². The largest absolute Gasteiger partial charge is 0.444 e. The van der Waals surface area contributed by atoms with E-state index in [1.165, 1.54) is 0 Å². The number of amides is 1. The molecule has 1 amide bonds. The zero-order valence-electron chi connectivity index (χ0n) is 12.4. The van der Waals surface area contributed by atoms with Crippen LogP contribution in [0.25, 0.3) is 0 Å². The average Bonchev–Trinajstić information content (AvgIpc) is 2.35. The SMILES string of the molecule is CC(C#N)CNc1ccc(NC(=O)OC(C)(C)C)cc1. The molecule has 0 aromatic heterocycles. The summed E-state index contributed by atoms with van der Waals surface area (Å²) in [6.45, 7) is 7.89. The molecule has 1 unspecified atom stereocenters. The highest BCUT2D eigenvalue weighted by atomic mass is 16.6. The van der Waals surface area contributed by atoms with Crippen LogP contribution in [0.3, 0.4) is 0 Å². The Balaban J connectivity index is 2.51. The molecule has 0 spiro atoms. The van der Waals surface area contributed by atoms with Gasteiger partial charge in [-0.15, -0.1) is 0 Å². The van der Waals surface area contributed by atoms with Gasteiger partial charge in [0.2, 0.25) is 0 Å². The molecule has 0 fully saturated rings. The van der Waals surface area contributed by atoms with Crippen molar-refractivity contribution in [3.63, 3.8) is 0 Å². The summed E-state index contributed by atoms with van der Waals surface area (Å²) in [5.41, 5.74) is 1.05. The van der Waals surface area contributed by atoms with Crippen molar-refractivity contribution < 1.29 is 9.53 Å². The topological polar surface area (TPSA) is 74.2 Å². The molecule has 0 aliphatic heterocycles. The second-order valence-corrected chi connectivity index (χ2v) is 5.62. The molecule has 0 aliphatic rings. The molecule has 0 saturated heterocycles. The fraction of sp³-hybridized carbons (Fsp3) is 0.467. The number of ether oxygens (including phenoxy) is 1. The van der Waals surface area contributed by atoms with Crippen molar-refractivity contribution in [3.8, 4) is 6.07 Å². The molecule has 1 atom stereocenters. The molecule has 5 nitrogen and oxygen atoms in total. The highest BCUT2D eigenvalue weighted by Crippen LogP contribution is 2.15. The van der Waals surface area contributed by atoms with E-state index in [0.717, 1.165) is 5.69 Å². The Labute approximate surface area is 119 Å². The summed E-state index contributed by atoms with van der Waals surface area (Å²) in [4.78, 5) is 11.6. The maximum absolute atomic E-state index is 11.6. The second-order valence-electron chi connectivity index (χ2n) is 5.62. The Bertz CT molecular complexity index is 483. The number of hydrogen-bond donors (Lipinski definition) is 2. The highest BCUT2D eigenvalue weighted by Gasteiger charge is 2.15. The van der Waals surface area contributed by atoms with Gasteiger partial charge in [0.1, 0.15) is 5.60 Å². The average molecular weight is 275 g/mol. The maximum Gasteiger partial charge on any atom is 0.412 e. The van der Waals surface area contributed by atoms with Crippen LogP contribution in [0.4, 0.5) is 16.2 Å². The van der Waals surface area contributed by atoms with Gasteiger partial charge in [0.05, 0.1) is 12.0 Å². The van der Waals surface area contributed by atoms with Gasteiger partial charge in [-0.25, -0.2) is 4.79 Å². The van der Waals surface area contributed by atoms with Crippen molar-refractivity contribution >= 4 is 17.5 Å². The van der Waals surface area contributed by atoms with E-state index >= 15 is 0 Å². The third-order valence-electron chi connectivity index (χ3n) is 2.36. The van der Waals surface area contributed by atoms with Crippen LogP contribution in [0.15, 0.2) is 24.3 Å². The van der Waals surface area contributed by atoms with Crippen molar-refractivity contribution in [1.82, 2.24) is 0 Å². The van der Waals surface area contributed by atoms with Crippen LogP contribution >= 0.6 is 0 Å².